The Hall–Kier alpha value is -3.07. The predicted octanol–water partition coefficient (Wildman–Crippen LogP) is 4.07. The molecule has 0 aliphatic rings. The number of aromatic nitrogens is 4. The first-order chi connectivity index (χ1) is 12.7. The zero-order chi connectivity index (χ0) is 17.9. The number of hydrogen-bond donors (Lipinski definition) is 1. The highest BCUT2D eigenvalue weighted by Gasteiger charge is 2.12. The van der Waals surface area contributed by atoms with E-state index in [2.05, 4.69) is 25.1 Å². The van der Waals surface area contributed by atoms with Gasteiger partial charge in [0.05, 0.1) is 11.9 Å². The van der Waals surface area contributed by atoms with Crippen molar-refractivity contribution in [1.29, 1.82) is 0 Å². The number of anilines is 1. The largest absolute Gasteiger partial charge is 0.434 e. The first-order valence-corrected chi connectivity index (χ1v) is 8.54. The molecule has 132 valence electrons. The lowest BCUT2D eigenvalue weighted by Gasteiger charge is -2.10. The molecule has 3 aromatic heterocycles. The van der Waals surface area contributed by atoms with Crippen molar-refractivity contribution in [3.63, 3.8) is 0 Å². The van der Waals surface area contributed by atoms with Crippen molar-refractivity contribution in [2.75, 3.05) is 5.32 Å². The zero-order valence-electron chi connectivity index (χ0n) is 13.3. The predicted molar refractivity (Wildman–Crippen MR) is 94.5 cm³/mol. The number of hydrogen-bond acceptors (Lipinski definition) is 6. The van der Waals surface area contributed by atoms with Gasteiger partial charge in [-0.25, -0.2) is 9.50 Å². The third-order valence-electron chi connectivity index (χ3n) is 3.62. The van der Waals surface area contributed by atoms with Crippen LogP contribution in [0.2, 0.25) is 0 Å². The minimum absolute atomic E-state index is 0.148. The summed E-state index contributed by atoms with van der Waals surface area (Å²) in [5, 5.41) is 8.17. The molecule has 0 radical (unpaired) electrons. The average molecular weight is 373 g/mol. The number of nitrogens with one attached hydrogen (secondary N) is 1. The van der Waals surface area contributed by atoms with Crippen molar-refractivity contribution in [2.24, 2.45) is 0 Å². The molecule has 1 aromatic carbocycles. The normalized spacial score (nSPS) is 11.2. The van der Waals surface area contributed by atoms with E-state index in [9.17, 15) is 8.78 Å². The molecule has 0 bridgehead atoms. The minimum atomic E-state index is -2.86. The van der Waals surface area contributed by atoms with E-state index in [1.54, 1.807) is 35.1 Å². The maximum absolute atomic E-state index is 12.5. The molecule has 4 rings (SSSR count). The van der Waals surface area contributed by atoms with Gasteiger partial charge in [-0.3, -0.25) is 4.98 Å². The number of fused-ring (bicyclic) bond motifs is 1. The number of alkyl halides is 2. The van der Waals surface area contributed by atoms with Crippen molar-refractivity contribution in [3.05, 3.63) is 60.6 Å². The molecule has 3 heterocycles. The lowest BCUT2D eigenvalue weighted by Crippen LogP contribution is -2.07. The summed E-state index contributed by atoms with van der Waals surface area (Å²) in [6, 6.07) is 10.4. The maximum Gasteiger partial charge on any atom is 0.387 e. The smallest absolute Gasteiger partial charge is 0.387 e. The Balaban J connectivity index is 1.50. The molecule has 0 aliphatic carbocycles. The van der Waals surface area contributed by atoms with Crippen LogP contribution >= 0.6 is 11.3 Å². The summed E-state index contributed by atoms with van der Waals surface area (Å²) in [7, 11) is 0. The number of pyridine rings is 1. The number of para-hydroxylation sites is 1. The maximum atomic E-state index is 12.5. The fourth-order valence-electron chi connectivity index (χ4n) is 2.46. The summed E-state index contributed by atoms with van der Waals surface area (Å²) in [5.74, 6) is 0.148. The number of imidazole rings is 1. The Morgan fingerprint density at radius 3 is 2.85 bits per heavy atom. The van der Waals surface area contributed by atoms with E-state index in [1.165, 1.54) is 17.4 Å². The standard InChI is InChI=1S/C17H13F2N5OS/c18-15(19)25-14-6-2-1-4-12(14)9-21-16-23-24-10-13(22-17(24)26-16)11-5-3-7-20-8-11/h1-8,10,15H,9H2,(H,21,23). The van der Waals surface area contributed by atoms with Gasteiger partial charge >= 0.3 is 6.61 Å². The molecular formula is C17H13F2N5OS. The molecule has 0 spiro atoms. The van der Waals surface area contributed by atoms with Crippen LogP contribution in [0.5, 0.6) is 5.75 Å². The van der Waals surface area contributed by atoms with Crippen molar-refractivity contribution < 1.29 is 13.5 Å². The Bertz CT molecular complexity index is 987. The third-order valence-corrected chi connectivity index (χ3v) is 4.50. The number of halogens is 2. The van der Waals surface area contributed by atoms with Crippen LogP contribution in [0, 0.1) is 0 Å². The molecule has 0 fully saturated rings. The fraction of sp³-hybridized carbons (Fsp3) is 0.118. The number of rotatable bonds is 6. The lowest BCUT2D eigenvalue weighted by molar-refractivity contribution is -0.0504. The average Bonchev–Trinajstić information content (AvgIpc) is 3.20. The van der Waals surface area contributed by atoms with E-state index in [0.717, 1.165) is 16.2 Å². The van der Waals surface area contributed by atoms with Gasteiger partial charge in [0.15, 0.2) is 0 Å². The monoisotopic (exact) mass is 373 g/mol. The minimum Gasteiger partial charge on any atom is -0.434 e. The highest BCUT2D eigenvalue weighted by molar-refractivity contribution is 7.20. The molecule has 1 N–H and O–H groups in total. The van der Waals surface area contributed by atoms with E-state index in [1.807, 2.05) is 18.3 Å². The molecule has 0 unspecified atom stereocenters. The summed E-state index contributed by atoms with van der Waals surface area (Å²) in [6.07, 6.45) is 5.27. The van der Waals surface area contributed by atoms with E-state index < -0.39 is 6.61 Å². The van der Waals surface area contributed by atoms with Gasteiger partial charge in [0, 0.05) is 30.1 Å². The summed E-state index contributed by atoms with van der Waals surface area (Å²) < 4.78 is 31.1. The van der Waals surface area contributed by atoms with Crippen LogP contribution in [0.3, 0.4) is 0 Å². The molecule has 4 aromatic rings. The lowest BCUT2D eigenvalue weighted by atomic mass is 10.2. The number of benzene rings is 1. The van der Waals surface area contributed by atoms with Gasteiger partial charge in [-0.1, -0.05) is 29.5 Å². The van der Waals surface area contributed by atoms with Crippen molar-refractivity contribution in [2.45, 2.75) is 13.2 Å². The Labute approximate surface area is 151 Å². The molecule has 6 nitrogen and oxygen atoms in total. The second kappa shape index (κ2) is 7.04. The Kier molecular flexibility index (Phi) is 4.44. The van der Waals surface area contributed by atoms with Crippen LogP contribution in [-0.4, -0.2) is 26.2 Å². The van der Waals surface area contributed by atoms with Crippen molar-refractivity contribution >= 4 is 21.4 Å². The second-order valence-electron chi connectivity index (χ2n) is 5.34. The highest BCUT2D eigenvalue weighted by atomic mass is 32.1. The molecule has 0 amide bonds. The molecule has 0 saturated heterocycles. The quantitative estimate of drug-likeness (QED) is 0.552. The molecular weight excluding hydrogens is 360 g/mol. The molecule has 0 atom stereocenters. The van der Waals surface area contributed by atoms with Crippen LogP contribution in [-0.2, 0) is 6.54 Å². The van der Waals surface area contributed by atoms with Crippen LogP contribution in [0.4, 0.5) is 13.9 Å². The molecule has 0 aliphatic heterocycles. The zero-order valence-corrected chi connectivity index (χ0v) is 14.2. The van der Waals surface area contributed by atoms with Crippen LogP contribution in [0.25, 0.3) is 16.2 Å². The van der Waals surface area contributed by atoms with Crippen LogP contribution < -0.4 is 10.1 Å². The summed E-state index contributed by atoms with van der Waals surface area (Å²) >= 11 is 1.37. The van der Waals surface area contributed by atoms with E-state index in [0.29, 0.717) is 17.2 Å². The molecule has 26 heavy (non-hydrogen) atoms. The highest BCUT2D eigenvalue weighted by Crippen LogP contribution is 2.26. The molecule has 0 saturated carbocycles. The van der Waals surface area contributed by atoms with Crippen LogP contribution in [0.15, 0.2) is 55.0 Å². The summed E-state index contributed by atoms with van der Waals surface area (Å²) in [6.45, 7) is -2.54. The van der Waals surface area contributed by atoms with Gasteiger partial charge in [-0.15, -0.1) is 5.10 Å². The Morgan fingerprint density at radius 1 is 1.19 bits per heavy atom. The first-order valence-electron chi connectivity index (χ1n) is 7.72. The van der Waals surface area contributed by atoms with Gasteiger partial charge in [0.1, 0.15) is 5.75 Å². The van der Waals surface area contributed by atoms with Gasteiger partial charge in [-0.05, 0) is 18.2 Å². The van der Waals surface area contributed by atoms with E-state index in [4.69, 9.17) is 0 Å². The summed E-state index contributed by atoms with van der Waals surface area (Å²) in [4.78, 5) is 9.34. The molecule has 9 heteroatoms. The van der Waals surface area contributed by atoms with Gasteiger partial charge in [0.2, 0.25) is 10.1 Å². The summed E-state index contributed by atoms with van der Waals surface area (Å²) in [5.41, 5.74) is 2.33. The second-order valence-corrected chi connectivity index (χ2v) is 6.30. The number of ether oxygens (including phenoxy) is 1. The fourth-order valence-corrected chi connectivity index (χ4v) is 3.23. The Morgan fingerprint density at radius 2 is 2.08 bits per heavy atom. The van der Waals surface area contributed by atoms with Gasteiger partial charge in [0.25, 0.3) is 0 Å². The first kappa shape index (κ1) is 16.4. The van der Waals surface area contributed by atoms with Gasteiger partial charge < -0.3 is 10.1 Å². The number of nitrogens with zero attached hydrogens (tertiary/aromatic N) is 4. The van der Waals surface area contributed by atoms with E-state index in [-0.39, 0.29) is 5.75 Å². The van der Waals surface area contributed by atoms with Crippen LogP contribution in [0.1, 0.15) is 5.56 Å². The van der Waals surface area contributed by atoms with Crippen molar-refractivity contribution in [1.82, 2.24) is 19.6 Å². The van der Waals surface area contributed by atoms with E-state index >= 15 is 0 Å². The van der Waals surface area contributed by atoms with Crippen molar-refractivity contribution in [3.8, 4) is 17.0 Å². The third kappa shape index (κ3) is 3.47. The van der Waals surface area contributed by atoms with Gasteiger partial charge in [-0.2, -0.15) is 8.78 Å². The topological polar surface area (TPSA) is 64.3 Å². The SMILES string of the molecule is FC(F)Oc1ccccc1CNc1nn2cc(-c3cccnc3)nc2s1.